The zero-order valence-corrected chi connectivity index (χ0v) is 13.0. The molecule has 1 saturated heterocycles. The van der Waals surface area contributed by atoms with Gasteiger partial charge in [-0.05, 0) is 57.5 Å². The largest absolute Gasteiger partial charge is 0.394 e. The van der Waals surface area contributed by atoms with Crippen molar-refractivity contribution in [1.29, 1.82) is 0 Å². The third kappa shape index (κ3) is 4.17. The summed E-state index contributed by atoms with van der Waals surface area (Å²) < 4.78 is 5.89. The van der Waals surface area contributed by atoms with Gasteiger partial charge in [-0.25, -0.2) is 0 Å². The Kier molecular flexibility index (Phi) is 6.27. The second-order valence-corrected chi connectivity index (χ2v) is 6.70. The molecule has 3 N–H and O–H groups in total. The summed E-state index contributed by atoms with van der Waals surface area (Å²) in [6.07, 6.45) is 8.43. The van der Waals surface area contributed by atoms with Gasteiger partial charge in [0.1, 0.15) is 0 Å². The van der Waals surface area contributed by atoms with Crippen LogP contribution in [0.25, 0.3) is 0 Å². The summed E-state index contributed by atoms with van der Waals surface area (Å²) in [6.45, 7) is 6.56. The van der Waals surface area contributed by atoms with E-state index in [0.29, 0.717) is 12.0 Å². The molecule has 1 aliphatic heterocycles. The van der Waals surface area contributed by atoms with Crippen LogP contribution in [0, 0.1) is 5.92 Å². The number of hydrogen-bond donors (Lipinski definition) is 2. The maximum Gasteiger partial charge on any atom is 0.0702 e. The molecule has 2 fully saturated rings. The second kappa shape index (κ2) is 7.74. The van der Waals surface area contributed by atoms with E-state index in [1.807, 2.05) is 0 Å². The Morgan fingerprint density at radius 1 is 1.35 bits per heavy atom. The first-order valence-corrected chi connectivity index (χ1v) is 8.41. The van der Waals surface area contributed by atoms with Gasteiger partial charge < -0.3 is 20.5 Å². The Balaban J connectivity index is 1.73. The number of nitrogens with zero attached hydrogens (tertiary/aromatic N) is 1. The minimum Gasteiger partial charge on any atom is -0.394 e. The van der Waals surface area contributed by atoms with Gasteiger partial charge in [0, 0.05) is 18.7 Å². The molecule has 1 aliphatic carbocycles. The Morgan fingerprint density at radius 3 is 2.95 bits per heavy atom. The lowest BCUT2D eigenvalue weighted by Gasteiger charge is -2.35. The van der Waals surface area contributed by atoms with E-state index < -0.39 is 0 Å². The fraction of sp³-hybridized carbons (Fsp3) is 1.00. The molecule has 0 aromatic rings. The van der Waals surface area contributed by atoms with Crippen LogP contribution in [-0.2, 0) is 4.74 Å². The van der Waals surface area contributed by atoms with Crippen molar-refractivity contribution >= 4 is 0 Å². The van der Waals surface area contributed by atoms with Crippen LogP contribution in [0.1, 0.15) is 51.9 Å². The van der Waals surface area contributed by atoms with E-state index in [2.05, 4.69) is 11.8 Å². The lowest BCUT2D eigenvalue weighted by Crippen LogP contribution is -2.48. The van der Waals surface area contributed by atoms with Crippen LogP contribution in [-0.4, -0.2) is 54.5 Å². The highest BCUT2D eigenvalue weighted by atomic mass is 16.5. The number of piperidine rings is 1. The Hall–Kier alpha value is -0.160. The first-order chi connectivity index (χ1) is 9.68. The molecule has 1 saturated carbocycles. The third-order valence-electron chi connectivity index (χ3n) is 5.12. The van der Waals surface area contributed by atoms with E-state index in [1.165, 1.54) is 32.2 Å². The first-order valence-electron chi connectivity index (χ1n) is 8.41. The highest BCUT2D eigenvalue weighted by molar-refractivity contribution is 4.96. The molecule has 1 heterocycles. The number of nitrogens with two attached hydrogens (primary N) is 1. The lowest BCUT2D eigenvalue weighted by atomic mass is 9.86. The van der Waals surface area contributed by atoms with Crippen LogP contribution in [0.3, 0.4) is 0 Å². The standard InChI is InChI=1S/C16H32N2O2/c1-2-11-20-15-6-4-9-18(12-15)10-7-14-5-3-8-16(14,17)13-19/h14-15,19H,2-13,17H2,1H3. The number of ether oxygens (including phenoxy) is 1. The predicted molar refractivity (Wildman–Crippen MR) is 81.7 cm³/mol. The van der Waals surface area contributed by atoms with E-state index >= 15 is 0 Å². The van der Waals surface area contributed by atoms with Gasteiger partial charge in [0.05, 0.1) is 12.7 Å². The van der Waals surface area contributed by atoms with Crippen molar-refractivity contribution in [3.05, 3.63) is 0 Å². The van der Waals surface area contributed by atoms with Crippen molar-refractivity contribution in [1.82, 2.24) is 4.90 Å². The Bertz CT molecular complexity index is 288. The minimum absolute atomic E-state index is 0.139. The van der Waals surface area contributed by atoms with Crippen molar-refractivity contribution in [2.75, 3.05) is 32.8 Å². The van der Waals surface area contributed by atoms with Gasteiger partial charge in [-0.1, -0.05) is 13.3 Å². The second-order valence-electron chi connectivity index (χ2n) is 6.70. The normalized spacial score (nSPS) is 35.5. The molecular formula is C16H32N2O2. The molecule has 0 radical (unpaired) electrons. The van der Waals surface area contributed by atoms with E-state index in [0.717, 1.165) is 39.0 Å². The SMILES string of the molecule is CCCOC1CCCN(CCC2CCCC2(N)CO)C1. The number of rotatable bonds is 7. The molecule has 2 aliphatic rings. The highest BCUT2D eigenvalue weighted by Gasteiger charge is 2.38. The van der Waals surface area contributed by atoms with Crippen LogP contribution in [0.5, 0.6) is 0 Å². The van der Waals surface area contributed by atoms with Crippen LogP contribution in [0.2, 0.25) is 0 Å². The lowest BCUT2D eigenvalue weighted by molar-refractivity contribution is -0.00226. The summed E-state index contributed by atoms with van der Waals surface area (Å²) in [5, 5.41) is 9.51. The smallest absolute Gasteiger partial charge is 0.0702 e. The molecule has 2 rings (SSSR count). The molecule has 0 amide bonds. The van der Waals surface area contributed by atoms with Gasteiger partial charge in [0.2, 0.25) is 0 Å². The topological polar surface area (TPSA) is 58.7 Å². The number of hydrogen-bond acceptors (Lipinski definition) is 4. The summed E-state index contributed by atoms with van der Waals surface area (Å²) >= 11 is 0. The molecule has 118 valence electrons. The fourth-order valence-electron chi connectivity index (χ4n) is 3.78. The van der Waals surface area contributed by atoms with Gasteiger partial charge in [0.15, 0.2) is 0 Å². The molecule has 0 aromatic heterocycles. The van der Waals surface area contributed by atoms with Gasteiger partial charge >= 0.3 is 0 Å². The monoisotopic (exact) mass is 284 g/mol. The summed E-state index contributed by atoms with van der Waals surface area (Å²) in [6, 6.07) is 0. The van der Waals surface area contributed by atoms with E-state index in [4.69, 9.17) is 10.5 Å². The minimum atomic E-state index is -0.312. The quantitative estimate of drug-likeness (QED) is 0.748. The van der Waals surface area contributed by atoms with Crippen molar-refractivity contribution < 1.29 is 9.84 Å². The molecule has 0 aromatic carbocycles. The highest BCUT2D eigenvalue weighted by Crippen LogP contribution is 2.35. The molecule has 3 atom stereocenters. The summed E-state index contributed by atoms with van der Waals surface area (Å²) in [7, 11) is 0. The predicted octanol–water partition coefficient (Wildman–Crippen LogP) is 1.76. The van der Waals surface area contributed by atoms with E-state index in [-0.39, 0.29) is 12.1 Å². The van der Waals surface area contributed by atoms with Crippen LogP contribution < -0.4 is 5.73 Å². The molecule has 3 unspecified atom stereocenters. The number of aliphatic hydroxyl groups is 1. The zero-order valence-electron chi connectivity index (χ0n) is 13.0. The maximum atomic E-state index is 9.51. The van der Waals surface area contributed by atoms with Gasteiger partial charge in [-0.2, -0.15) is 0 Å². The summed E-state index contributed by atoms with van der Waals surface area (Å²) in [5.41, 5.74) is 6.01. The first kappa shape index (κ1) is 16.2. The summed E-state index contributed by atoms with van der Waals surface area (Å²) in [4.78, 5) is 2.53. The van der Waals surface area contributed by atoms with Crippen LogP contribution >= 0.6 is 0 Å². The molecule has 4 heteroatoms. The molecular weight excluding hydrogens is 252 g/mol. The Morgan fingerprint density at radius 2 is 2.20 bits per heavy atom. The number of likely N-dealkylation sites (tertiary alicyclic amines) is 1. The van der Waals surface area contributed by atoms with E-state index in [9.17, 15) is 5.11 Å². The van der Waals surface area contributed by atoms with Crippen LogP contribution in [0.15, 0.2) is 0 Å². The molecule has 4 nitrogen and oxygen atoms in total. The van der Waals surface area contributed by atoms with Crippen molar-refractivity contribution in [2.45, 2.75) is 63.5 Å². The van der Waals surface area contributed by atoms with Crippen LogP contribution in [0.4, 0.5) is 0 Å². The van der Waals surface area contributed by atoms with Crippen molar-refractivity contribution in [3.63, 3.8) is 0 Å². The van der Waals surface area contributed by atoms with Gasteiger partial charge in [-0.15, -0.1) is 0 Å². The van der Waals surface area contributed by atoms with Crippen molar-refractivity contribution in [2.24, 2.45) is 11.7 Å². The fourth-order valence-corrected chi connectivity index (χ4v) is 3.78. The maximum absolute atomic E-state index is 9.51. The average Bonchev–Trinajstić information content (AvgIpc) is 2.85. The van der Waals surface area contributed by atoms with Gasteiger partial charge in [-0.3, -0.25) is 0 Å². The molecule has 0 spiro atoms. The molecule has 0 bridgehead atoms. The van der Waals surface area contributed by atoms with Gasteiger partial charge in [0.25, 0.3) is 0 Å². The summed E-state index contributed by atoms with van der Waals surface area (Å²) in [5.74, 6) is 0.490. The Labute approximate surface area is 123 Å². The third-order valence-corrected chi connectivity index (χ3v) is 5.12. The molecule has 20 heavy (non-hydrogen) atoms. The number of aliphatic hydroxyl groups excluding tert-OH is 1. The zero-order chi connectivity index (χ0) is 14.4. The van der Waals surface area contributed by atoms with Crippen molar-refractivity contribution in [3.8, 4) is 0 Å². The van der Waals surface area contributed by atoms with E-state index in [1.54, 1.807) is 0 Å². The average molecular weight is 284 g/mol.